The van der Waals surface area contributed by atoms with Crippen LogP contribution < -0.4 is 0 Å². The van der Waals surface area contributed by atoms with E-state index >= 15 is 0 Å². The highest BCUT2D eigenvalue weighted by molar-refractivity contribution is 7.26. The second-order valence-corrected chi connectivity index (χ2v) is 23.5. The molecule has 6 nitrogen and oxygen atoms in total. The van der Waals surface area contributed by atoms with E-state index in [4.69, 9.17) is 23.8 Å². The lowest BCUT2D eigenvalue weighted by atomic mass is 9.98. The van der Waals surface area contributed by atoms with Crippen molar-refractivity contribution in [2.75, 3.05) is 0 Å². The van der Waals surface area contributed by atoms with Crippen LogP contribution in [0.1, 0.15) is 0 Å². The smallest absolute Gasteiger partial charge is 0.164 e. The summed E-state index contributed by atoms with van der Waals surface area (Å²) in [5.41, 5.74) is 16.1. The summed E-state index contributed by atoms with van der Waals surface area (Å²) in [6, 6.07) is 90.9. The topological polar surface area (TPSA) is 69.9 Å². The summed E-state index contributed by atoms with van der Waals surface area (Å²) in [4.78, 5) is 15.7. The molecule has 0 saturated carbocycles. The molecule has 18 aromatic rings. The van der Waals surface area contributed by atoms with Crippen molar-refractivity contribution in [1.29, 1.82) is 0 Å². The van der Waals surface area contributed by atoms with E-state index in [0.717, 1.165) is 94.0 Å². The Hall–Kier alpha value is -10.5. The molecular formula is C75H42N4O2S2. The molecule has 0 bridgehead atoms. The van der Waals surface area contributed by atoms with Crippen LogP contribution in [0.15, 0.2) is 264 Å². The van der Waals surface area contributed by atoms with Gasteiger partial charge in [0.15, 0.2) is 17.5 Å². The molecule has 6 aromatic heterocycles. The Kier molecular flexibility index (Phi) is 10.0. The molecule has 0 N–H and O–H groups in total. The first-order valence-corrected chi connectivity index (χ1v) is 29.4. The van der Waals surface area contributed by atoms with E-state index in [1.165, 1.54) is 67.8 Å². The van der Waals surface area contributed by atoms with Gasteiger partial charge in [-0.1, -0.05) is 164 Å². The molecule has 0 spiro atoms. The Balaban J connectivity index is 0.756. The molecule has 83 heavy (non-hydrogen) atoms. The van der Waals surface area contributed by atoms with Crippen LogP contribution in [0.4, 0.5) is 0 Å². The van der Waals surface area contributed by atoms with Crippen LogP contribution in [0.25, 0.3) is 179 Å². The number of para-hydroxylation sites is 1. The Morgan fingerprint density at radius 2 is 0.855 bits per heavy atom. The van der Waals surface area contributed by atoms with Crippen LogP contribution in [0.3, 0.4) is 0 Å². The highest BCUT2D eigenvalue weighted by atomic mass is 32.1. The van der Waals surface area contributed by atoms with Crippen LogP contribution >= 0.6 is 22.7 Å². The van der Waals surface area contributed by atoms with E-state index in [2.05, 4.69) is 217 Å². The van der Waals surface area contributed by atoms with Gasteiger partial charge in [-0.05, 0) is 124 Å². The van der Waals surface area contributed by atoms with Gasteiger partial charge >= 0.3 is 0 Å². The lowest BCUT2D eigenvalue weighted by Gasteiger charge is -2.10. The van der Waals surface area contributed by atoms with Gasteiger partial charge in [0.25, 0.3) is 0 Å². The summed E-state index contributed by atoms with van der Waals surface area (Å²) in [5.74, 6) is 1.67. The fraction of sp³-hybridized carbons (Fsp3) is 0. The summed E-state index contributed by atoms with van der Waals surface area (Å²) >= 11 is 3.70. The van der Waals surface area contributed by atoms with Gasteiger partial charge in [0.2, 0.25) is 0 Å². The maximum absolute atomic E-state index is 6.76. The molecule has 6 heterocycles. The van der Waals surface area contributed by atoms with Crippen molar-refractivity contribution in [1.82, 2.24) is 19.5 Å². The molecule has 0 unspecified atom stereocenters. The van der Waals surface area contributed by atoms with Crippen molar-refractivity contribution in [3.05, 3.63) is 255 Å². The fourth-order valence-corrected chi connectivity index (χ4v) is 15.2. The monoisotopic (exact) mass is 1090 g/mol. The molecular weight excluding hydrogens is 1050 g/mol. The summed E-state index contributed by atoms with van der Waals surface area (Å²) in [6.07, 6.45) is 0. The van der Waals surface area contributed by atoms with Gasteiger partial charge in [-0.2, -0.15) is 0 Å². The molecule has 0 saturated heterocycles. The number of aromatic nitrogens is 4. The molecule has 0 radical (unpaired) electrons. The molecule has 8 heteroatoms. The molecule has 0 atom stereocenters. The third-order valence-corrected chi connectivity index (χ3v) is 19.0. The molecule has 0 amide bonds. The third-order valence-electron chi connectivity index (χ3n) is 16.7. The highest BCUT2D eigenvalue weighted by Crippen LogP contribution is 2.46. The van der Waals surface area contributed by atoms with Crippen LogP contribution in [0.5, 0.6) is 0 Å². The second kappa shape index (κ2) is 18.0. The van der Waals surface area contributed by atoms with Crippen LogP contribution in [-0.2, 0) is 0 Å². The average molecular weight is 1100 g/mol. The number of benzene rings is 12. The molecule has 0 aliphatic carbocycles. The Morgan fingerprint density at radius 1 is 0.277 bits per heavy atom. The van der Waals surface area contributed by atoms with Gasteiger partial charge in [0.1, 0.15) is 22.3 Å². The number of hydrogen-bond acceptors (Lipinski definition) is 7. The van der Waals surface area contributed by atoms with Gasteiger partial charge < -0.3 is 13.4 Å². The Morgan fingerprint density at radius 3 is 1.69 bits per heavy atom. The van der Waals surface area contributed by atoms with Crippen molar-refractivity contribution >= 4 is 129 Å². The highest BCUT2D eigenvalue weighted by Gasteiger charge is 2.22. The molecule has 386 valence electrons. The first-order chi connectivity index (χ1) is 41.1. The predicted octanol–water partition coefficient (Wildman–Crippen LogP) is 21.5. The summed E-state index contributed by atoms with van der Waals surface area (Å²) in [7, 11) is 0. The van der Waals surface area contributed by atoms with Gasteiger partial charge in [0.05, 0.1) is 11.0 Å². The lowest BCUT2D eigenvalue weighted by Crippen LogP contribution is -2.00. The Labute approximate surface area is 482 Å². The minimum atomic E-state index is 0.547. The van der Waals surface area contributed by atoms with Crippen LogP contribution in [-0.4, -0.2) is 19.5 Å². The first kappa shape index (κ1) is 46.3. The van der Waals surface area contributed by atoms with Crippen molar-refractivity contribution in [2.24, 2.45) is 0 Å². The van der Waals surface area contributed by atoms with E-state index in [1.54, 1.807) is 0 Å². The Bertz CT molecular complexity index is 5710. The summed E-state index contributed by atoms with van der Waals surface area (Å²) in [6.45, 7) is 0. The maximum Gasteiger partial charge on any atom is 0.164 e. The lowest BCUT2D eigenvalue weighted by molar-refractivity contribution is 0.668. The van der Waals surface area contributed by atoms with Gasteiger partial charge in [0, 0.05) is 95.0 Å². The largest absolute Gasteiger partial charge is 0.456 e. The van der Waals surface area contributed by atoms with Crippen LogP contribution in [0.2, 0.25) is 0 Å². The zero-order chi connectivity index (χ0) is 54.3. The van der Waals surface area contributed by atoms with Crippen molar-refractivity contribution in [3.8, 4) is 73.2 Å². The molecule has 0 fully saturated rings. The number of thiophene rings is 2. The third kappa shape index (κ3) is 7.23. The average Bonchev–Trinajstić information content (AvgIpc) is 4.07. The number of nitrogens with zero attached hydrogens (tertiary/aromatic N) is 4. The number of hydrogen-bond donors (Lipinski definition) is 0. The van der Waals surface area contributed by atoms with Crippen molar-refractivity contribution in [3.63, 3.8) is 0 Å². The SMILES string of the molecule is c1ccc(-c2nc(-c3ccc4c(c3)oc3cc(-c5cccc6sc7ccccc7c56)ccc34)nc(-c3cccc4oc5ccc(-c6ccc7c(c6)c6ccc(-c8cccc9c8sc8ccccc89)cc6n7-c6ccccc6)cc5c34)n2)cc1. The normalized spacial score (nSPS) is 12.1. The minimum Gasteiger partial charge on any atom is -0.456 e. The summed E-state index contributed by atoms with van der Waals surface area (Å²) < 4.78 is 21.0. The van der Waals surface area contributed by atoms with Gasteiger partial charge in [-0.15, -0.1) is 22.7 Å². The number of rotatable bonds is 7. The van der Waals surface area contributed by atoms with Crippen molar-refractivity contribution < 1.29 is 8.83 Å². The number of furan rings is 2. The van der Waals surface area contributed by atoms with Gasteiger partial charge in [-0.25, -0.2) is 15.0 Å². The van der Waals surface area contributed by atoms with E-state index in [1.807, 2.05) is 65.1 Å². The maximum atomic E-state index is 6.76. The molecule has 0 aliphatic rings. The fourth-order valence-electron chi connectivity index (χ4n) is 12.8. The van der Waals surface area contributed by atoms with Crippen LogP contribution in [0, 0.1) is 0 Å². The van der Waals surface area contributed by atoms with Gasteiger partial charge in [-0.3, -0.25) is 0 Å². The zero-order valence-electron chi connectivity index (χ0n) is 44.2. The minimum absolute atomic E-state index is 0.547. The van der Waals surface area contributed by atoms with E-state index in [-0.39, 0.29) is 0 Å². The summed E-state index contributed by atoms with van der Waals surface area (Å²) in [5, 5.41) is 11.5. The second-order valence-electron chi connectivity index (χ2n) is 21.4. The van der Waals surface area contributed by atoms with Crippen molar-refractivity contribution in [2.45, 2.75) is 0 Å². The van der Waals surface area contributed by atoms with E-state index in [9.17, 15) is 0 Å². The quantitative estimate of drug-likeness (QED) is 0.159. The zero-order valence-corrected chi connectivity index (χ0v) is 45.8. The predicted molar refractivity (Wildman–Crippen MR) is 347 cm³/mol. The van der Waals surface area contributed by atoms with E-state index < -0.39 is 0 Å². The molecule has 0 aliphatic heterocycles. The molecule has 18 rings (SSSR count). The molecule has 12 aromatic carbocycles. The number of fused-ring (bicyclic) bond motifs is 15. The standard InChI is InChI=1S/C75H42N4O2S2/c1-3-14-43(15-4-1)73-76-74(48-30-35-54-53-34-29-47(41-65(53)81-66(54)42-48)50-20-13-27-69-71(50)57-19-8-10-26-68(57)82-69)78-75(77-73)58-23-12-24-64-70(58)60-39-45(32-37-63(60)80-64)44-31-36-61-59(38-44)52-33-28-46(40-62(52)79(61)49-16-5-2-6-17-49)51-21-11-22-56-55-18-7-9-25-67(55)83-72(51)56/h1-42H. The first-order valence-electron chi connectivity index (χ1n) is 27.8. The van der Waals surface area contributed by atoms with E-state index in [0.29, 0.717) is 17.5 Å².